The fourth-order valence-corrected chi connectivity index (χ4v) is 2.19. The minimum atomic E-state index is 0.706. The zero-order valence-corrected chi connectivity index (χ0v) is 10.7. The molecule has 0 spiro atoms. The summed E-state index contributed by atoms with van der Waals surface area (Å²) in [7, 11) is 0. The van der Waals surface area contributed by atoms with Gasteiger partial charge in [0.05, 0.1) is 5.69 Å². The molecule has 3 nitrogen and oxygen atoms in total. The molecule has 0 saturated heterocycles. The van der Waals surface area contributed by atoms with E-state index in [2.05, 4.69) is 17.0 Å². The maximum atomic E-state index is 5.95. The molecule has 5 heteroatoms. The van der Waals surface area contributed by atoms with Gasteiger partial charge < -0.3 is 0 Å². The number of hydrogen-bond donors (Lipinski definition) is 0. The molecular weight excluding hydrogens is 242 g/mol. The Morgan fingerprint density at radius 2 is 2.25 bits per heavy atom. The number of rotatable bonds is 3. The van der Waals surface area contributed by atoms with Crippen LogP contribution in [0.15, 0.2) is 29.4 Å². The molecular formula is C11H12ClN3S. The summed E-state index contributed by atoms with van der Waals surface area (Å²) in [5.74, 6) is 1.84. The summed E-state index contributed by atoms with van der Waals surface area (Å²) < 4.78 is 1.81. The summed E-state index contributed by atoms with van der Waals surface area (Å²) in [5, 5.41) is 5.93. The molecule has 0 amide bonds. The molecule has 0 N–H and O–H groups in total. The predicted molar refractivity (Wildman–Crippen MR) is 67.5 cm³/mol. The highest BCUT2D eigenvalue weighted by Gasteiger charge is 2.07. The molecule has 2 rings (SSSR count). The minimum absolute atomic E-state index is 0.706. The monoisotopic (exact) mass is 253 g/mol. The molecule has 0 aliphatic carbocycles. The van der Waals surface area contributed by atoms with E-state index in [-0.39, 0.29) is 0 Å². The number of thioether (sulfide) groups is 1. The lowest BCUT2D eigenvalue weighted by atomic mass is 10.3. The number of benzene rings is 1. The third-order valence-electron chi connectivity index (χ3n) is 2.08. The number of halogens is 1. The number of hydrogen-bond acceptors (Lipinski definition) is 3. The van der Waals surface area contributed by atoms with Gasteiger partial charge in [-0.05, 0) is 30.9 Å². The summed E-state index contributed by atoms with van der Waals surface area (Å²) in [5.41, 5.74) is 0.945. The largest absolute Gasteiger partial charge is 0.217 e. The van der Waals surface area contributed by atoms with Gasteiger partial charge >= 0.3 is 0 Å². The van der Waals surface area contributed by atoms with Gasteiger partial charge in [-0.1, -0.05) is 36.4 Å². The normalized spacial score (nSPS) is 10.7. The second kappa shape index (κ2) is 4.89. The first kappa shape index (κ1) is 11.5. The Morgan fingerprint density at radius 3 is 2.94 bits per heavy atom. The lowest BCUT2D eigenvalue weighted by Gasteiger charge is -2.02. The van der Waals surface area contributed by atoms with Crippen LogP contribution in [0.5, 0.6) is 0 Å². The van der Waals surface area contributed by atoms with Crippen LogP contribution in [0, 0.1) is 6.92 Å². The molecule has 1 heterocycles. The average molecular weight is 254 g/mol. The third-order valence-corrected chi connectivity index (χ3v) is 3.03. The van der Waals surface area contributed by atoms with E-state index >= 15 is 0 Å². The molecule has 0 bridgehead atoms. The maximum absolute atomic E-state index is 5.95. The Bertz CT molecular complexity index is 496. The smallest absolute Gasteiger partial charge is 0.209 e. The van der Waals surface area contributed by atoms with Crippen LogP contribution in [0.1, 0.15) is 12.7 Å². The van der Waals surface area contributed by atoms with Gasteiger partial charge in [-0.3, -0.25) is 0 Å². The number of aromatic nitrogens is 3. The summed E-state index contributed by atoms with van der Waals surface area (Å²) in [6.07, 6.45) is 0. The lowest BCUT2D eigenvalue weighted by Crippen LogP contribution is -1.98. The quantitative estimate of drug-likeness (QED) is 0.786. The first-order chi connectivity index (χ1) is 7.70. The highest BCUT2D eigenvalue weighted by Crippen LogP contribution is 2.18. The van der Waals surface area contributed by atoms with Crippen LogP contribution >= 0.6 is 23.4 Å². The van der Waals surface area contributed by atoms with Gasteiger partial charge in [0.25, 0.3) is 0 Å². The Labute approximate surface area is 104 Å². The second-order valence-electron chi connectivity index (χ2n) is 3.27. The van der Waals surface area contributed by atoms with Crippen LogP contribution in [-0.2, 0) is 0 Å². The van der Waals surface area contributed by atoms with Gasteiger partial charge in [0.15, 0.2) is 0 Å². The fourth-order valence-electron chi connectivity index (χ4n) is 1.41. The Kier molecular flexibility index (Phi) is 3.51. The first-order valence-electron chi connectivity index (χ1n) is 5.03. The summed E-state index contributed by atoms with van der Waals surface area (Å²) in [6.45, 7) is 4.02. The molecule has 1 aromatic carbocycles. The SMILES string of the molecule is CCSc1nc(C)n(-c2cccc(Cl)c2)n1. The van der Waals surface area contributed by atoms with Gasteiger partial charge in [-0.15, -0.1) is 5.10 Å². The Morgan fingerprint density at radius 1 is 1.44 bits per heavy atom. The molecule has 0 atom stereocenters. The van der Waals surface area contributed by atoms with Crippen LogP contribution in [0.3, 0.4) is 0 Å². The van der Waals surface area contributed by atoms with Crippen LogP contribution < -0.4 is 0 Å². The zero-order chi connectivity index (χ0) is 11.5. The van der Waals surface area contributed by atoms with E-state index in [0.717, 1.165) is 22.4 Å². The van der Waals surface area contributed by atoms with Crippen molar-refractivity contribution in [1.29, 1.82) is 0 Å². The number of aryl methyl sites for hydroxylation is 1. The average Bonchev–Trinajstić information content (AvgIpc) is 2.60. The number of nitrogens with zero attached hydrogens (tertiary/aromatic N) is 3. The van der Waals surface area contributed by atoms with Gasteiger partial charge in [-0.25, -0.2) is 9.67 Å². The van der Waals surface area contributed by atoms with Gasteiger partial charge in [0.2, 0.25) is 5.16 Å². The highest BCUT2D eigenvalue weighted by molar-refractivity contribution is 7.99. The molecule has 16 heavy (non-hydrogen) atoms. The third kappa shape index (κ3) is 2.39. The van der Waals surface area contributed by atoms with Crippen LogP contribution in [0.25, 0.3) is 5.69 Å². The van der Waals surface area contributed by atoms with E-state index in [4.69, 9.17) is 11.6 Å². The minimum Gasteiger partial charge on any atom is -0.217 e. The van der Waals surface area contributed by atoms with Gasteiger partial charge in [0.1, 0.15) is 5.82 Å². The van der Waals surface area contributed by atoms with Crippen molar-refractivity contribution in [2.24, 2.45) is 0 Å². The molecule has 1 aromatic heterocycles. The van der Waals surface area contributed by atoms with E-state index in [0.29, 0.717) is 5.02 Å². The van der Waals surface area contributed by atoms with Crippen LogP contribution in [-0.4, -0.2) is 20.5 Å². The highest BCUT2D eigenvalue weighted by atomic mass is 35.5. The van der Waals surface area contributed by atoms with Crippen molar-refractivity contribution in [1.82, 2.24) is 14.8 Å². The molecule has 0 aliphatic heterocycles. The molecule has 0 fully saturated rings. The van der Waals surface area contributed by atoms with E-state index in [1.165, 1.54) is 0 Å². The molecule has 0 unspecified atom stereocenters. The van der Waals surface area contributed by atoms with E-state index in [1.807, 2.05) is 35.9 Å². The first-order valence-corrected chi connectivity index (χ1v) is 6.39. The Hall–Kier alpha value is -1.00. The topological polar surface area (TPSA) is 30.7 Å². The summed E-state index contributed by atoms with van der Waals surface area (Å²) in [4.78, 5) is 4.38. The van der Waals surface area contributed by atoms with Crippen molar-refractivity contribution in [3.8, 4) is 5.69 Å². The molecule has 2 aromatic rings. The predicted octanol–water partition coefficient (Wildman–Crippen LogP) is 3.34. The molecule has 84 valence electrons. The Balaban J connectivity index is 2.40. The summed E-state index contributed by atoms with van der Waals surface area (Å²) in [6, 6.07) is 7.60. The van der Waals surface area contributed by atoms with Crippen molar-refractivity contribution in [2.45, 2.75) is 19.0 Å². The van der Waals surface area contributed by atoms with E-state index in [9.17, 15) is 0 Å². The second-order valence-corrected chi connectivity index (χ2v) is 4.93. The van der Waals surface area contributed by atoms with Gasteiger partial charge in [-0.2, -0.15) is 0 Å². The van der Waals surface area contributed by atoms with E-state index in [1.54, 1.807) is 11.8 Å². The molecule has 0 aliphatic rings. The van der Waals surface area contributed by atoms with Crippen molar-refractivity contribution >= 4 is 23.4 Å². The van der Waals surface area contributed by atoms with Crippen LogP contribution in [0.2, 0.25) is 5.02 Å². The van der Waals surface area contributed by atoms with Crippen molar-refractivity contribution in [2.75, 3.05) is 5.75 Å². The van der Waals surface area contributed by atoms with Crippen molar-refractivity contribution in [3.05, 3.63) is 35.1 Å². The van der Waals surface area contributed by atoms with E-state index < -0.39 is 0 Å². The lowest BCUT2D eigenvalue weighted by molar-refractivity contribution is 0.813. The van der Waals surface area contributed by atoms with Crippen molar-refractivity contribution in [3.63, 3.8) is 0 Å². The fraction of sp³-hybridized carbons (Fsp3) is 0.273. The van der Waals surface area contributed by atoms with Crippen LogP contribution in [0.4, 0.5) is 0 Å². The van der Waals surface area contributed by atoms with Crippen molar-refractivity contribution < 1.29 is 0 Å². The zero-order valence-electron chi connectivity index (χ0n) is 9.14. The summed E-state index contributed by atoms with van der Waals surface area (Å²) >= 11 is 7.58. The standard InChI is InChI=1S/C11H12ClN3S/c1-3-16-11-13-8(2)15(14-11)10-6-4-5-9(12)7-10/h4-7H,3H2,1-2H3. The molecule has 0 saturated carbocycles. The van der Waals surface area contributed by atoms with Gasteiger partial charge in [0, 0.05) is 5.02 Å². The maximum Gasteiger partial charge on any atom is 0.209 e. The molecule has 0 radical (unpaired) electrons.